The summed E-state index contributed by atoms with van der Waals surface area (Å²) in [7, 11) is 0. The molecule has 0 amide bonds. The molecule has 1 fully saturated rings. The summed E-state index contributed by atoms with van der Waals surface area (Å²) in [6, 6.07) is 7.89. The number of carboxylic acids is 1. The number of fused-ring (bicyclic) bond motifs is 1. The second-order valence-electron chi connectivity index (χ2n) is 4.40. The first-order valence-corrected chi connectivity index (χ1v) is 6.45. The maximum atomic E-state index is 11.1. The molecule has 0 atom stereocenters. The van der Waals surface area contributed by atoms with Gasteiger partial charge in [0.15, 0.2) is 0 Å². The highest BCUT2D eigenvalue weighted by Gasteiger charge is 2.08. The molecule has 0 saturated carbocycles. The van der Waals surface area contributed by atoms with Crippen molar-refractivity contribution in [3.8, 4) is 0 Å². The van der Waals surface area contributed by atoms with Crippen molar-refractivity contribution in [3.05, 3.63) is 46.2 Å². The Morgan fingerprint density at radius 2 is 1.65 bits per heavy atom. The van der Waals surface area contributed by atoms with E-state index in [0.717, 1.165) is 32.2 Å². The van der Waals surface area contributed by atoms with Crippen LogP contribution >= 0.6 is 0 Å². The lowest BCUT2D eigenvalue weighted by atomic mass is 10.1. The normalized spacial score (nSPS) is 14.4. The third-order valence-corrected chi connectivity index (χ3v) is 2.94. The Bertz CT molecular complexity index is 636. The van der Waals surface area contributed by atoms with Crippen LogP contribution in [-0.4, -0.2) is 42.2 Å². The number of aromatic carboxylic acids is 1. The van der Waals surface area contributed by atoms with Crippen LogP contribution in [0.2, 0.25) is 0 Å². The van der Waals surface area contributed by atoms with Crippen LogP contribution < -0.4 is 16.2 Å². The fourth-order valence-electron chi connectivity index (χ4n) is 1.99. The zero-order chi connectivity index (χ0) is 14.4. The quantitative estimate of drug-likeness (QED) is 0.604. The van der Waals surface area contributed by atoms with Gasteiger partial charge in [-0.2, -0.15) is 0 Å². The summed E-state index contributed by atoms with van der Waals surface area (Å²) in [5.41, 5.74) is 0.169. The van der Waals surface area contributed by atoms with Crippen molar-refractivity contribution in [2.75, 3.05) is 26.2 Å². The number of nitrogens with one attached hydrogen (secondary N) is 3. The smallest absolute Gasteiger partial charge is 0.336 e. The molecule has 0 bridgehead atoms. The Labute approximate surface area is 115 Å². The van der Waals surface area contributed by atoms with E-state index in [4.69, 9.17) is 5.11 Å². The lowest BCUT2D eigenvalue weighted by molar-refractivity contribution is 0.0699. The number of hydrogen-bond donors (Lipinski definition) is 4. The number of carboxylic acid groups (broad SMARTS) is 1. The van der Waals surface area contributed by atoms with E-state index in [-0.39, 0.29) is 5.56 Å². The van der Waals surface area contributed by atoms with Crippen LogP contribution in [-0.2, 0) is 0 Å². The summed E-state index contributed by atoms with van der Waals surface area (Å²) in [6.45, 7) is 4.56. The molecule has 1 aromatic heterocycles. The largest absolute Gasteiger partial charge is 0.478 e. The standard InChI is InChI=1S/C10H7NO3.C4H10N2/c12-9-5-7(10(13)14)6-3-1-2-4-8(6)11-9;1-2-6-4-3-5-1/h1-5H,(H,11,12)(H,13,14);5-6H,1-4H2. The molecular formula is C14H17N3O3. The second-order valence-corrected chi connectivity index (χ2v) is 4.40. The zero-order valence-corrected chi connectivity index (χ0v) is 11.0. The maximum absolute atomic E-state index is 11.1. The van der Waals surface area contributed by atoms with Gasteiger partial charge in [0.2, 0.25) is 5.56 Å². The molecule has 3 rings (SSSR count). The van der Waals surface area contributed by atoms with Gasteiger partial charge in [0.1, 0.15) is 0 Å². The molecule has 20 heavy (non-hydrogen) atoms. The van der Waals surface area contributed by atoms with Crippen molar-refractivity contribution in [3.63, 3.8) is 0 Å². The van der Waals surface area contributed by atoms with Crippen LogP contribution in [0.3, 0.4) is 0 Å². The minimum absolute atomic E-state index is 0.0318. The van der Waals surface area contributed by atoms with Crippen molar-refractivity contribution in [1.29, 1.82) is 0 Å². The maximum Gasteiger partial charge on any atom is 0.336 e. The molecule has 0 unspecified atom stereocenters. The van der Waals surface area contributed by atoms with E-state index in [2.05, 4.69) is 15.6 Å². The number of aromatic amines is 1. The predicted molar refractivity (Wildman–Crippen MR) is 77.3 cm³/mol. The topological polar surface area (TPSA) is 94.2 Å². The number of carbonyl (C=O) groups is 1. The van der Waals surface area contributed by atoms with Crippen molar-refractivity contribution in [2.24, 2.45) is 0 Å². The Kier molecular flexibility index (Phi) is 4.86. The summed E-state index contributed by atoms with van der Waals surface area (Å²) < 4.78 is 0. The number of piperazine rings is 1. The Morgan fingerprint density at radius 3 is 2.20 bits per heavy atom. The van der Waals surface area contributed by atoms with Gasteiger partial charge in [-0.05, 0) is 6.07 Å². The van der Waals surface area contributed by atoms with Crippen molar-refractivity contribution in [1.82, 2.24) is 15.6 Å². The monoisotopic (exact) mass is 275 g/mol. The molecule has 0 spiro atoms. The number of hydrogen-bond acceptors (Lipinski definition) is 4. The highest BCUT2D eigenvalue weighted by atomic mass is 16.4. The Balaban J connectivity index is 0.000000205. The third-order valence-electron chi connectivity index (χ3n) is 2.94. The first kappa shape index (κ1) is 14.2. The number of para-hydroxylation sites is 1. The molecule has 2 aromatic rings. The SMILES string of the molecule is C1CNCCN1.O=C(O)c1cc(=O)[nH]c2ccccc12. The molecule has 106 valence electrons. The van der Waals surface area contributed by atoms with E-state index >= 15 is 0 Å². The Hall–Kier alpha value is -2.18. The van der Waals surface area contributed by atoms with E-state index in [1.807, 2.05) is 0 Å². The summed E-state index contributed by atoms with van der Waals surface area (Å²) in [5.74, 6) is -1.09. The molecule has 1 saturated heterocycles. The lowest BCUT2D eigenvalue weighted by Gasteiger charge is -2.11. The summed E-state index contributed by atoms with van der Waals surface area (Å²) >= 11 is 0. The molecule has 0 aliphatic carbocycles. The van der Waals surface area contributed by atoms with E-state index in [1.165, 1.54) is 0 Å². The molecule has 1 aliphatic rings. The van der Waals surface area contributed by atoms with E-state index in [1.54, 1.807) is 24.3 Å². The fraction of sp³-hybridized carbons (Fsp3) is 0.286. The highest BCUT2D eigenvalue weighted by molar-refractivity contribution is 6.02. The summed E-state index contributed by atoms with van der Waals surface area (Å²) in [5, 5.41) is 15.8. The van der Waals surface area contributed by atoms with E-state index < -0.39 is 11.5 Å². The fourth-order valence-corrected chi connectivity index (χ4v) is 1.99. The van der Waals surface area contributed by atoms with Crippen LogP contribution in [0.25, 0.3) is 10.9 Å². The van der Waals surface area contributed by atoms with Gasteiger partial charge in [0.25, 0.3) is 0 Å². The van der Waals surface area contributed by atoms with Gasteiger partial charge < -0.3 is 20.7 Å². The second kappa shape index (κ2) is 6.83. The van der Waals surface area contributed by atoms with Gasteiger partial charge in [-0.3, -0.25) is 4.79 Å². The van der Waals surface area contributed by atoms with Crippen molar-refractivity contribution in [2.45, 2.75) is 0 Å². The molecule has 6 nitrogen and oxygen atoms in total. The highest BCUT2D eigenvalue weighted by Crippen LogP contribution is 2.13. The molecule has 4 N–H and O–H groups in total. The van der Waals surface area contributed by atoms with Gasteiger partial charge in [-0.1, -0.05) is 18.2 Å². The number of aromatic nitrogens is 1. The number of rotatable bonds is 1. The van der Waals surface area contributed by atoms with Crippen LogP contribution in [0.1, 0.15) is 10.4 Å². The molecule has 0 radical (unpaired) electrons. The summed E-state index contributed by atoms with van der Waals surface area (Å²) in [6.07, 6.45) is 0. The van der Waals surface area contributed by atoms with E-state index in [9.17, 15) is 9.59 Å². The molecule has 2 heterocycles. The molecule has 6 heteroatoms. The number of benzene rings is 1. The first-order valence-electron chi connectivity index (χ1n) is 6.45. The van der Waals surface area contributed by atoms with Crippen molar-refractivity contribution < 1.29 is 9.90 Å². The zero-order valence-electron chi connectivity index (χ0n) is 11.0. The number of H-pyrrole nitrogens is 1. The Morgan fingerprint density at radius 1 is 1.05 bits per heavy atom. The lowest BCUT2D eigenvalue weighted by Crippen LogP contribution is -2.39. The van der Waals surface area contributed by atoms with Gasteiger partial charge in [-0.15, -0.1) is 0 Å². The summed E-state index contributed by atoms with van der Waals surface area (Å²) in [4.78, 5) is 24.5. The van der Waals surface area contributed by atoms with Gasteiger partial charge in [0, 0.05) is 43.1 Å². The first-order chi connectivity index (χ1) is 9.68. The minimum atomic E-state index is -1.09. The average molecular weight is 275 g/mol. The van der Waals surface area contributed by atoms with Crippen LogP contribution in [0.5, 0.6) is 0 Å². The van der Waals surface area contributed by atoms with Gasteiger partial charge in [0.05, 0.1) is 5.56 Å². The van der Waals surface area contributed by atoms with Crippen LogP contribution in [0, 0.1) is 0 Å². The molecular weight excluding hydrogens is 258 g/mol. The van der Waals surface area contributed by atoms with Gasteiger partial charge >= 0.3 is 5.97 Å². The molecule has 1 aliphatic heterocycles. The minimum Gasteiger partial charge on any atom is -0.478 e. The average Bonchev–Trinajstić information content (AvgIpc) is 2.48. The van der Waals surface area contributed by atoms with Crippen molar-refractivity contribution >= 4 is 16.9 Å². The third kappa shape index (κ3) is 3.66. The van der Waals surface area contributed by atoms with Gasteiger partial charge in [-0.25, -0.2) is 4.79 Å². The van der Waals surface area contributed by atoms with Crippen LogP contribution in [0.4, 0.5) is 0 Å². The van der Waals surface area contributed by atoms with E-state index in [0.29, 0.717) is 10.9 Å². The predicted octanol–water partition coefficient (Wildman–Crippen LogP) is 0.406. The van der Waals surface area contributed by atoms with Crippen LogP contribution in [0.15, 0.2) is 35.1 Å². The number of pyridine rings is 1. The molecule has 1 aromatic carbocycles.